The maximum atomic E-state index is 6.07. The number of hydrogen-bond donors (Lipinski definition) is 0. The maximum absolute atomic E-state index is 6.07. The standard InChI is InChI=1S/C13H17Cl2NO/c1-9(2)16-6-12(7-16)17-8-10-5-11(14)3-4-13(10)15/h3-5,9,12H,6-8H2,1-2H3. The van der Waals surface area contributed by atoms with E-state index in [0.29, 0.717) is 23.8 Å². The molecular formula is C13H17Cl2NO. The Hall–Kier alpha value is -0.280. The van der Waals surface area contributed by atoms with Gasteiger partial charge in [-0.25, -0.2) is 0 Å². The van der Waals surface area contributed by atoms with E-state index in [-0.39, 0.29) is 0 Å². The first-order valence-corrected chi connectivity index (χ1v) is 6.61. The molecule has 1 aromatic carbocycles. The molecule has 0 aliphatic carbocycles. The van der Waals surface area contributed by atoms with Crippen molar-refractivity contribution < 1.29 is 4.74 Å². The Labute approximate surface area is 112 Å². The van der Waals surface area contributed by atoms with Crippen LogP contribution in [-0.4, -0.2) is 30.1 Å². The predicted molar refractivity (Wildman–Crippen MR) is 71.7 cm³/mol. The van der Waals surface area contributed by atoms with Crippen molar-refractivity contribution in [2.24, 2.45) is 0 Å². The number of nitrogens with zero attached hydrogens (tertiary/aromatic N) is 1. The van der Waals surface area contributed by atoms with Gasteiger partial charge in [-0.2, -0.15) is 0 Å². The molecule has 0 atom stereocenters. The van der Waals surface area contributed by atoms with Crippen molar-refractivity contribution in [2.75, 3.05) is 13.1 Å². The van der Waals surface area contributed by atoms with Crippen molar-refractivity contribution >= 4 is 23.2 Å². The lowest BCUT2D eigenvalue weighted by Gasteiger charge is -2.41. The smallest absolute Gasteiger partial charge is 0.0833 e. The number of rotatable bonds is 4. The number of ether oxygens (including phenoxy) is 1. The van der Waals surface area contributed by atoms with Crippen LogP contribution in [0.25, 0.3) is 0 Å². The first-order chi connectivity index (χ1) is 8.06. The highest BCUT2D eigenvalue weighted by Crippen LogP contribution is 2.23. The zero-order chi connectivity index (χ0) is 12.4. The van der Waals surface area contributed by atoms with Gasteiger partial charge >= 0.3 is 0 Å². The van der Waals surface area contributed by atoms with Crippen LogP contribution in [0, 0.1) is 0 Å². The lowest BCUT2D eigenvalue weighted by atomic mass is 10.1. The fourth-order valence-corrected chi connectivity index (χ4v) is 2.23. The van der Waals surface area contributed by atoms with Gasteiger partial charge in [0.1, 0.15) is 0 Å². The van der Waals surface area contributed by atoms with Crippen LogP contribution in [-0.2, 0) is 11.3 Å². The molecule has 0 N–H and O–H groups in total. The summed E-state index contributed by atoms with van der Waals surface area (Å²) in [5.74, 6) is 0. The molecule has 94 valence electrons. The Balaban J connectivity index is 1.81. The fourth-order valence-electron chi connectivity index (χ4n) is 1.86. The molecule has 0 unspecified atom stereocenters. The summed E-state index contributed by atoms with van der Waals surface area (Å²) in [7, 11) is 0. The first-order valence-electron chi connectivity index (χ1n) is 5.86. The molecule has 1 aliphatic rings. The van der Waals surface area contributed by atoms with E-state index < -0.39 is 0 Å². The molecule has 1 heterocycles. The van der Waals surface area contributed by atoms with Gasteiger partial charge in [-0.3, -0.25) is 4.90 Å². The number of likely N-dealkylation sites (tertiary alicyclic amines) is 1. The molecule has 0 bridgehead atoms. The van der Waals surface area contributed by atoms with Crippen LogP contribution >= 0.6 is 23.2 Å². The van der Waals surface area contributed by atoms with E-state index in [2.05, 4.69) is 18.7 Å². The van der Waals surface area contributed by atoms with E-state index >= 15 is 0 Å². The fraction of sp³-hybridized carbons (Fsp3) is 0.538. The Morgan fingerprint density at radius 3 is 2.71 bits per heavy atom. The summed E-state index contributed by atoms with van der Waals surface area (Å²) in [4.78, 5) is 2.38. The van der Waals surface area contributed by atoms with E-state index in [4.69, 9.17) is 27.9 Å². The number of hydrogen-bond acceptors (Lipinski definition) is 2. The average molecular weight is 274 g/mol. The van der Waals surface area contributed by atoms with E-state index in [9.17, 15) is 0 Å². The van der Waals surface area contributed by atoms with Crippen molar-refractivity contribution in [3.63, 3.8) is 0 Å². The molecule has 1 aliphatic heterocycles. The van der Waals surface area contributed by atoms with E-state index in [0.717, 1.165) is 23.7 Å². The number of halogens is 2. The largest absolute Gasteiger partial charge is 0.371 e. The summed E-state index contributed by atoms with van der Waals surface area (Å²) in [6.45, 7) is 6.95. The topological polar surface area (TPSA) is 12.5 Å². The van der Waals surface area contributed by atoms with E-state index in [1.165, 1.54) is 0 Å². The molecule has 0 aromatic heterocycles. The zero-order valence-corrected chi connectivity index (χ0v) is 11.6. The van der Waals surface area contributed by atoms with Gasteiger partial charge in [0.05, 0.1) is 12.7 Å². The lowest BCUT2D eigenvalue weighted by Crippen LogP contribution is -2.54. The molecule has 1 aromatic rings. The Bertz CT molecular complexity index is 389. The third-order valence-corrected chi connectivity index (χ3v) is 3.69. The van der Waals surface area contributed by atoms with E-state index in [1.807, 2.05) is 12.1 Å². The van der Waals surface area contributed by atoms with Crippen LogP contribution < -0.4 is 0 Å². The molecule has 0 saturated carbocycles. The third-order valence-electron chi connectivity index (χ3n) is 3.09. The van der Waals surface area contributed by atoms with Gasteiger partial charge < -0.3 is 4.74 Å². The summed E-state index contributed by atoms with van der Waals surface area (Å²) in [5, 5.41) is 1.42. The van der Waals surface area contributed by atoms with Crippen LogP contribution in [0.1, 0.15) is 19.4 Å². The minimum absolute atomic E-state index is 0.326. The predicted octanol–water partition coefficient (Wildman–Crippen LogP) is 3.60. The Morgan fingerprint density at radius 2 is 2.06 bits per heavy atom. The van der Waals surface area contributed by atoms with Gasteiger partial charge in [-0.05, 0) is 37.6 Å². The Morgan fingerprint density at radius 1 is 1.35 bits per heavy atom. The van der Waals surface area contributed by atoms with Crippen molar-refractivity contribution in [3.05, 3.63) is 33.8 Å². The van der Waals surface area contributed by atoms with Crippen molar-refractivity contribution in [1.29, 1.82) is 0 Å². The molecular weight excluding hydrogens is 257 g/mol. The summed E-state index contributed by atoms with van der Waals surface area (Å²) < 4.78 is 5.80. The second kappa shape index (κ2) is 5.57. The van der Waals surface area contributed by atoms with Gasteiger partial charge in [-0.15, -0.1) is 0 Å². The van der Waals surface area contributed by atoms with Crippen LogP contribution in [0.5, 0.6) is 0 Å². The molecule has 2 rings (SSSR count). The SMILES string of the molecule is CC(C)N1CC(OCc2cc(Cl)ccc2Cl)C1. The second-order valence-corrected chi connectivity index (χ2v) is 5.56. The van der Waals surface area contributed by atoms with Gasteiger partial charge in [-0.1, -0.05) is 23.2 Å². The molecule has 2 nitrogen and oxygen atoms in total. The average Bonchev–Trinajstić information content (AvgIpc) is 2.20. The summed E-state index contributed by atoms with van der Waals surface area (Å²) in [6.07, 6.45) is 0.326. The second-order valence-electron chi connectivity index (χ2n) is 4.72. The van der Waals surface area contributed by atoms with Crippen molar-refractivity contribution in [3.8, 4) is 0 Å². The highest BCUT2D eigenvalue weighted by Gasteiger charge is 2.29. The Kier molecular flexibility index (Phi) is 4.31. The minimum atomic E-state index is 0.326. The lowest BCUT2D eigenvalue weighted by molar-refractivity contribution is -0.0739. The number of benzene rings is 1. The molecule has 0 amide bonds. The maximum Gasteiger partial charge on any atom is 0.0833 e. The quantitative estimate of drug-likeness (QED) is 0.831. The minimum Gasteiger partial charge on any atom is -0.371 e. The zero-order valence-electron chi connectivity index (χ0n) is 10.1. The first kappa shape index (κ1) is 13.2. The third kappa shape index (κ3) is 3.35. The van der Waals surface area contributed by atoms with Gasteiger partial charge in [0.15, 0.2) is 0 Å². The molecule has 4 heteroatoms. The highest BCUT2D eigenvalue weighted by atomic mass is 35.5. The summed E-state index contributed by atoms with van der Waals surface area (Å²) in [5.41, 5.74) is 0.960. The van der Waals surface area contributed by atoms with Crippen LogP contribution in [0.2, 0.25) is 10.0 Å². The molecule has 1 saturated heterocycles. The highest BCUT2D eigenvalue weighted by molar-refractivity contribution is 6.33. The van der Waals surface area contributed by atoms with Gasteiger partial charge in [0.25, 0.3) is 0 Å². The molecule has 0 radical (unpaired) electrons. The molecule has 0 spiro atoms. The van der Waals surface area contributed by atoms with Crippen molar-refractivity contribution in [1.82, 2.24) is 4.90 Å². The van der Waals surface area contributed by atoms with Crippen LogP contribution in [0.4, 0.5) is 0 Å². The van der Waals surface area contributed by atoms with Crippen LogP contribution in [0.3, 0.4) is 0 Å². The summed E-state index contributed by atoms with van der Waals surface area (Å²) in [6, 6.07) is 6.06. The normalized spacial score (nSPS) is 17.5. The molecule has 17 heavy (non-hydrogen) atoms. The van der Waals surface area contributed by atoms with Crippen molar-refractivity contribution in [2.45, 2.75) is 32.6 Å². The van der Waals surface area contributed by atoms with Gasteiger partial charge in [0, 0.05) is 29.2 Å². The van der Waals surface area contributed by atoms with Gasteiger partial charge in [0.2, 0.25) is 0 Å². The molecule has 1 fully saturated rings. The monoisotopic (exact) mass is 273 g/mol. The summed E-state index contributed by atoms with van der Waals surface area (Å²) >= 11 is 12.0. The van der Waals surface area contributed by atoms with E-state index in [1.54, 1.807) is 6.07 Å². The van der Waals surface area contributed by atoms with Crippen LogP contribution in [0.15, 0.2) is 18.2 Å².